The van der Waals surface area contributed by atoms with Gasteiger partial charge in [-0.1, -0.05) is 194 Å². The van der Waals surface area contributed by atoms with Crippen molar-refractivity contribution < 1.29 is 0 Å². The Morgan fingerprint density at radius 2 is 0.507 bits per heavy atom. The van der Waals surface area contributed by atoms with Crippen LogP contribution in [0.5, 0.6) is 0 Å². The second-order valence-corrected chi connectivity index (χ2v) is 19.2. The quantitative estimate of drug-likeness (QED) is 0.152. The summed E-state index contributed by atoms with van der Waals surface area (Å²) in [4.78, 5) is 15.6. The van der Waals surface area contributed by atoms with Gasteiger partial charge in [0.1, 0.15) is 0 Å². The molecule has 350 valence electrons. The Bertz CT molecular complexity index is 4290. The van der Waals surface area contributed by atoms with E-state index in [1.165, 1.54) is 43.6 Å². The van der Waals surface area contributed by atoms with E-state index in [0.717, 1.165) is 77.8 Å². The first-order valence-corrected chi connectivity index (χ1v) is 25.4. The predicted octanol–water partition coefficient (Wildman–Crippen LogP) is 17.5. The fraction of sp³-hybridized carbons (Fsp3) is 0. The molecule has 0 radical (unpaired) electrons. The second-order valence-electron chi connectivity index (χ2n) is 19.2. The molecule has 15 aromatic rings. The van der Waals surface area contributed by atoms with Crippen molar-refractivity contribution in [2.45, 2.75) is 0 Å². The number of fused-ring (bicyclic) bond motifs is 9. The zero-order valence-electron chi connectivity index (χ0n) is 40.6. The summed E-state index contributed by atoms with van der Waals surface area (Å²) in [5.41, 5.74) is 17.1. The monoisotopic (exact) mass is 956 g/mol. The highest BCUT2D eigenvalue weighted by atomic mass is 15.0. The number of nitrogens with zero attached hydrogens (tertiary/aromatic N) is 6. The van der Waals surface area contributed by atoms with Crippen LogP contribution in [0.2, 0.25) is 0 Å². The van der Waals surface area contributed by atoms with Gasteiger partial charge in [-0.3, -0.25) is 0 Å². The maximum atomic E-state index is 5.28. The van der Waals surface area contributed by atoms with Crippen molar-refractivity contribution in [2.24, 2.45) is 0 Å². The Morgan fingerprint density at radius 3 is 0.867 bits per heavy atom. The second kappa shape index (κ2) is 17.3. The number of para-hydroxylation sites is 4. The summed E-state index contributed by atoms with van der Waals surface area (Å²) in [6.07, 6.45) is 0. The molecule has 11 aromatic carbocycles. The fourth-order valence-electron chi connectivity index (χ4n) is 11.5. The normalized spacial score (nSPS) is 11.7. The molecule has 0 bridgehead atoms. The standard InChI is InChI=1S/C69H44N6/c1-5-21-45(22-6-1)56-41-49(69-71-67(47-25-9-3-10-26-47)70-68(72-69)48-27-11-4-12-28-48)42-57(46-23-7-2-8-24-46)66(56)75-64-39-37-50(73-60-33-17-13-29-52(60)53-30-14-18-34-61(53)73)43-58(64)59-44-51(38-40-65(59)75)74-62-35-19-15-31-54(62)55-32-16-20-36-63(55)74/h1-44H. The lowest BCUT2D eigenvalue weighted by molar-refractivity contribution is 1.07. The number of hydrogen-bond donors (Lipinski definition) is 0. The van der Waals surface area contributed by atoms with Crippen molar-refractivity contribution in [1.29, 1.82) is 0 Å². The molecule has 0 aliphatic carbocycles. The van der Waals surface area contributed by atoms with E-state index in [1.807, 2.05) is 36.4 Å². The highest BCUT2D eigenvalue weighted by Crippen LogP contribution is 2.46. The van der Waals surface area contributed by atoms with Gasteiger partial charge in [0.25, 0.3) is 0 Å². The summed E-state index contributed by atoms with van der Waals surface area (Å²) < 4.78 is 7.35. The highest BCUT2D eigenvalue weighted by Gasteiger charge is 2.25. The zero-order chi connectivity index (χ0) is 49.4. The van der Waals surface area contributed by atoms with Gasteiger partial charge in [0.2, 0.25) is 0 Å². The van der Waals surface area contributed by atoms with Crippen molar-refractivity contribution in [2.75, 3.05) is 0 Å². The van der Waals surface area contributed by atoms with Crippen molar-refractivity contribution in [3.05, 3.63) is 267 Å². The summed E-state index contributed by atoms with van der Waals surface area (Å²) in [6.45, 7) is 0. The van der Waals surface area contributed by atoms with Gasteiger partial charge in [-0.2, -0.15) is 0 Å². The molecule has 0 unspecified atom stereocenters. The molecule has 0 saturated carbocycles. The third-order valence-corrected chi connectivity index (χ3v) is 14.9. The van der Waals surface area contributed by atoms with E-state index in [0.29, 0.717) is 17.5 Å². The van der Waals surface area contributed by atoms with Gasteiger partial charge in [-0.05, 0) is 83.9 Å². The number of rotatable bonds is 8. The molecule has 0 atom stereocenters. The van der Waals surface area contributed by atoms with E-state index < -0.39 is 0 Å². The minimum Gasteiger partial charge on any atom is -0.309 e. The smallest absolute Gasteiger partial charge is 0.164 e. The minimum atomic E-state index is 0.595. The average molecular weight is 957 g/mol. The molecule has 0 amide bonds. The Kier molecular flexibility index (Phi) is 9.78. The molecule has 0 fully saturated rings. The van der Waals surface area contributed by atoms with Gasteiger partial charge in [-0.25, -0.2) is 15.0 Å². The van der Waals surface area contributed by atoms with Crippen LogP contribution in [0, 0.1) is 0 Å². The third kappa shape index (κ3) is 6.92. The van der Waals surface area contributed by atoms with Crippen LogP contribution < -0.4 is 0 Å². The van der Waals surface area contributed by atoms with E-state index in [4.69, 9.17) is 15.0 Å². The first kappa shape index (κ1) is 42.5. The molecule has 0 aliphatic rings. The zero-order valence-corrected chi connectivity index (χ0v) is 40.6. The molecule has 4 heterocycles. The van der Waals surface area contributed by atoms with E-state index in [1.54, 1.807) is 0 Å². The number of aromatic nitrogens is 6. The van der Waals surface area contributed by atoms with Crippen molar-refractivity contribution in [1.82, 2.24) is 28.7 Å². The first-order chi connectivity index (χ1) is 37.2. The Balaban J connectivity index is 1.05. The molecule has 4 aromatic heterocycles. The maximum absolute atomic E-state index is 5.28. The van der Waals surface area contributed by atoms with Crippen LogP contribution in [0.3, 0.4) is 0 Å². The Hall–Kier alpha value is -10.2. The summed E-state index contributed by atoms with van der Waals surface area (Å²) in [5, 5.41) is 7.21. The summed E-state index contributed by atoms with van der Waals surface area (Å²) >= 11 is 0. The third-order valence-electron chi connectivity index (χ3n) is 14.9. The largest absolute Gasteiger partial charge is 0.309 e. The van der Waals surface area contributed by atoms with E-state index in [2.05, 4.69) is 244 Å². The molecule has 75 heavy (non-hydrogen) atoms. The lowest BCUT2D eigenvalue weighted by Crippen LogP contribution is -2.04. The molecule has 0 saturated heterocycles. The molecular formula is C69H44N6. The van der Waals surface area contributed by atoms with Crippen LogP contribution in [0.1, 0.15) is 0 Å². The van der Waals surface area contributed by atoms with Gasteiger partial charge >= 0.3 is 0 Å². The van der Waals surface area contributed by atoms with Crippen LogP contribution in [0.15, 0.2) is 267 Å². The molecule has 0 aliphatic heterocycles. The first-order valence-electron chi connectivity index (χ1n) is 25.4. The maximum Gasteiger partial charge on any atom is 0.164 e. The summed E-state index contributed by atoms with van der Waals surface area (Å²) in [7, 11) is 0. The Morgan fingerprint density at radius 1 is 0.213 bits per heavy atom. The molecule has 6 nitrogen and oxygen atoms in total. The van der Waals surface area contributed by atoms with Crippen LogP contribution in [-0.4, -0.2) is 28.7 Å². The van der Waals surface area contributed by atoms with Gasteiger partial charge in [0.15, 0.2) is 17.5 Å². The minimum absolute atomic E-state index is 0.595. The highest BCUT2D eigenvalue weighted by molar-refractivity contribution is 6.15. The molecule has 6 heteroatoms. The van der Waals surface area contributed by atoms with Gasteiger partial charge in [0.05, 0.1) is 38.8 Å². The number of hydrogen-bond acceptors (Lipinski definition) is 3. The van der Waals surface area contributed by atoms with Crippen molar-refractivity contribution in [3.8, 4) is 73.5 Å². The van der Waals surface area contributed by atoms with Crippen molar-refractivity contribution >= 4 is 65.4 Å². The van der Waals surface area contributed by atoms with Gasteiger partial charge in [0, 0.05) is 71.5 Å². The van der Waals surface area contributed by atoms with Gasteiger partial charge < -0.3 is 13.7 Å². The molecule has 15 rings (SSSR count). The molecule has 0 spiro atoms. The van der Waals surface area contributed by atoms with Crippen LogP contribution >= 0.6 is 0 Å². The lowest BCUT2D eigenvalue weighted by atomic mass is 9.92. The van der Waals surface area contributed by atoms with E-state index >= 15 is 0 Å². The van der Waals surface area contributed by atoms with Gasteiger partial charge in [-0.15, -0.1) is 0 Å². The molecule has 0 N–H and O–H groups in total. The summed E-state index contributed by atoms with van der Waals surface area (Å²) in [6, 6.07) is 95.5. The molecular weight excluding hydrogens is 913 g/mol. The fourth-order valence-corrected chi connectivity index (χ4v) is 11.5. The van der Waals surface area contributed by atoms with Crippen molar-refractivity contribution in [3.63, 3.8) is 0 Å². The lowest BCUT2D eigenvalue weighted by Gasteiger charge is -2.21. The average Bonchev–Trinajstić information content (AvgIpc) is 4.15. The summed E-state index contributed by atoms with van der Waals surface area (Å²) in [5.74, 6) is 1.83. The topological polar surface area (TPSA) is 53.5 Å². The predicted molar refractivity (Wildman–Crippen MR) is 310 cm³/mol. The van der Waals surface area contributed by atoms with E-state index in [9.17, 15) is 0 Å². The van der Waals surface area contributed by atoms with Crippen LogP contribution in [0.25, 0.3) is 139 Å². The Labute approximate surface area is 432 Å². The number of benzene rings is 11. The SMILES string of the molecule is c1ccc(-c2nc(-c3ccccc3)nc(-c3cc(-c4ccccc4)c(-n4c5ccc(-n6c7ccccc7c7ccccc76)cc5c5cc(-n6c7ccccc7c7ccccc76)ccc54)c(-c4ccccc4)c3)n2)cc1. The van der Waals surface area contributed by atoms with Crippen LogP contribution in [-0.2, 0) is 0 Å². The van der Waals surface area contributed by atoms with Crippen LogP contribution in [0.4, 0.5) is 0 Å². The van der Waals surface area contributed by atoms with E-state index in [-0.39, 0.29) is 0 Å².